The zero-order valence-electron chi connectivity index (χ0n) is 14.7. The van der Waals surface area contributed by atoms with Crippen molar-refractivity contribution in [2.24, 2.45) is 0 Å². The number of aromatic carboxylic acids is 1. The van der Waals surface area contributed by atoms with Crippen LogP contribution in [0.25, 0.3) is 23.2 Å². The van der Waals surface area contributed by atoms with Crippen LogP contribution in [0.1, 0.15) is 21.7 Å². The van der Waals surface area contributed by atoms with Crippen molar-refractivity contribution in [3.63, 3.8) is 0 Å². The minimum atomic E-state index is -1.10. The summed E-state index contributed by atoms with van der Waals surface area (Å²) in [6, 6.07) is 14.9. The zero-order valence-corrected chi connectivity index (χ0v) is 16.2. The van der Waals surface area contributed by atoms with Gasteiger partial charge in [-0.3, -0.25) is 0 Å². The number of rotatable bonds is 4. The average Bonchev–Trinajstić information content (AvgIpc) is 3.29. The number of carboxylic acid groups (broad SMARTS) is 1. The SMILES string of the molecule is O=C1OC(c2ccc(Cl)cc2)=C/C1=C/c1ccc(-c2ccc(C(=O)O)c(Cl)c2)o1. The summed E-state index contributed by atoms with van der Waals surface area (Å²) in [5.74, 6) is -0.222. The molecule has 0 atom stereocenters. The highest BCUT2D eigenvalue weighted by Gasteiger charge is 2.22. The van der Waals surface area contributed by atoms with Gasteiger partial charge in [-0.05, 0) is 60.7 Å². The number of benzene rings is 2. The first-order chi connectivity index (χ1) is 13.9. The molecule has 144 valence electrons. The van der Waals surface area contributed by atoms with E-state index in [1.807, 2.05) is 0 Å². The monoisotopic (exact) mass is 426 g/mol. The Hall–Kier alpha value is -3.28. The number of furan rings is 1. The number of cyclic esters (lactones) is 1. The second kappa shape index (κ2) is 7.62. The van der Waals surface area contributed by atoms with Gasteiger partial charge in [0.1, 0.15) is 17.3 Å². The molecule has 0 spiro atoms. The Kier molecular flexibility index (Phi) is 5.01. The van der Waals surface area contributed by atoms with Crippen LogP contribution in [0.15, 0.2) is 70.7 Å². The summed E-state index contributed by atoms with van der Waals surface area (Å²) in [5, 5.41) is 9.77. The number of hydrogen-bond acceptors (Lipinski definition) is 4. The van der Waals surface area contributed by atoms with Crippen LogP contribution in [0.5, 0.6) is 0 Å². The van der Waals surface area contributed by atoms with E-state index in [9.17, 15) is 9.59 Å². The maximum absolute atomic E-state index is 12.2. The predicted molar refractivity (Wildman–Crippen MR) is 110 cm³/mol. The highest BCUT2D eigenvalue weighted by Crippen LogP contribution is 2.31. The predicted octanol–water partition coefficient (Wildman–Crippen LogP) is 5.93. The summed E-state index contributed by atoms with van der Waals surface area (Å²) < 4.78 is 11.1. The molecule has 0 aliphatic carbocycles. The lowest BCUT2D eigenvalue weighted by atomic mass is 10.1. The molecule has 0 bridgehead atoms. The van der Waals surface area contributed by atoms with E-state index in [4.69, 9.17) is 37.5 Å². The molecule has 5 nitrogen and oxygen atoms in total. The molecule has 3 aromatic rings. The topological polar surface area (TPSA) is 76.7 Å². The number of carbonyl (C=O) groups is 2. The standard InChI is InChI=1S/C22H12Cl2O5/c23-15-4-1-12(2-5-15)20-11-14(22(27)29-20)9-16-6-8-19(28-16)13-3-7-17(21(25)26)18(24)10-13/h1-11H,(H,25,26)/b14-9-. The van der Waals surface area contributed by atoms with Gasteiger partial charge in [-0.15, -0.1) is 0 Å². The molecule has 0 saturated heterocycles. The molecule has 7 heteroatoms. The first-order valence-electron chi connectivity index (χ1n) is 8.45. The van der Waals surface area contributed by atoms with Crippen molar-refractivity contribution in [1.82, 2.24) is 0 Å². The van der Waals surface area contributed by atoms with Crippen LogP contribution >= 0.6 is 23.2 Å². The van der Waals surface area contributed by atoms with Gasteiger partial charge in [-0.2, -0.15) is 0 Å². The third-order valence-corrected chi connectivity index (χ3v) is 4.83. The molecular formula is C22H12Cl2O5. The van der Waals surface area contributed by atoms with Crippen molar-refractivity contribution in [3.05, 3.63) is 93.2 Å². The Morgan fingerprint density at radius 2 is 1.69 bits per heavy atom. The minimum Gasteiger partial charge on any atom is -0.478 e. The van der Waals surface area contributed by atoms with Crippen LogP contribution in [0.4, 0.5) is 0 Å². The largest absolute Gasteiger partial charge is 0.478 e. The third-order valence-electron chi connectivity index (χ3n) is 4.26. The van der Waals surface area contributed by atoms with Crippen LogP contribution in [-0.4, -0.2) is 17.0 Å². The van der Waals surface area contributed by atoms with Gasteiger partial charge in [0.25, 0.3) is 0 Å². The van der Waals surface area contributed by atoms with E-state index in [2.05, 4.69) is 0 Å². The van der Waals surface area contributed by atoms with E-state index in [0.29, 0.717) is 33.4 Å². The lowest BCUT2D eigenvalue weighted by molar-refractivity contribution is -0.130. The molecule has 1 aromatic heterocycles. The van der Waals surface area contributed by atoms with E-state index in [-0.39, 0.29) is 10.6 Å². The number of halogens is 2. The van der Waals surface area contributed by atoms with Crippen molar-refractivity contribution in [3.8, 4) is 11.3 Å². The van der Waals surface area contributed by atoms with Crippen molar-refractivity contribution in [1.29, 1.82) is 0 Å². The fourth-order valence-electron chi connectivity index (χ4n) is 2.83. The Morgan fingerprint density at radius 1 is 0.966 bits per heavy atom. The molecular weight excluding hydrogens is 415 g/mol. The Balaban J connectivity index is 1.60. The van der Waals surface area contributed by atoms with Crippen LogP contribution in [-0.2, 0) is 9.53 Å². The first-order valence-corrected chi connectivity index (χ1v) is 9.21. The number of carboxylic acids is 1. The normalized spacial score (nSPS) is 14.8. The fourth-order valence-corrected chi connectivity index (χ4v) is 3.21. The maximum atomic E-state index is 12.2. The third kappa shape index (κ3) is 3.97. The first kappa shape index (κ1) is 19.1. The smallest absolute Gasteiger partial charge is 0.343 e. The van der Waals surface area contributed by atoms with Crippen molar-refractivity contribution in [2.75, 3.05) is 0 Å². The molecule has 0 amide bonds. The second-order valence-electron chi connectivity index (χ2n) is 6.21. The van der Waals surface area contributed by atoms with Gasteiger partial charge < -0.3 is 14.3 Å². The van der Waals surface area contributed by atoms with Gasteiger partial charge >= 0.3 is 11.9 Å². The van der Waals surface area contributed by atoms with Crippen molar-refractivity contribution >= 4 is 47.0 Å². The van der Waals surface area contributed by atoms with E-state index in [0.717, 1.165) is 5.56 Å². The Labute approximate surface area is 175 Å². The van der Waals surface area contributed by atoms with Gasteiger partial charge in [-0.1, -0.05) is 29.3 Å². The lowest BCUT2D eigenvalue weighted by Crippen LogP contribution is -1.97. The van der Waals surface area contributed by atoms with E-state index in [1.165, 1.54) is 12.1 Å². The van der Waals surface area contributed by atoms with Crippen LogP contribution in [0.2, 0.25) is 10.0 Å². The van der Waals surface area contributed by atoms with Gasteiger partial charge in [-0.25, -0.2) is 9.59 Å². The van der Waals surface area contributed by atoms with E-state index >= 15 is 0 Å². The molecule has 0 unspecified atom stereocenters. The van der Waals surface area contributed by atoms with Gasteiger partial charge in [0.15, 0.2) is 0 Å². The number of hydrogen-bond donors (Lipinski definition) is 1. The van der Waals surface area contributed by atoms with Gasteiger partial charge in [0.2, 0.25) is 0 Å². The zero-order chi connectivity index (χ0) is 20.5. The van der Waals surface area contributed by atoms with Crippen molar-refractivity contribution < 1.29 is 23.8 Å². The molecule has 0 saturated carbocycles. The summed E-state index contributed by atoms with van der Waals surface area (Å²) in [4.78, 5) is 23.2. The average molecular weight is 427 g/mol. The van der Waals surface area contributed by atoms with E-state index < -0.39 is 11.9 Å². The molecule has 1 aliphatic heterocycles. The highest BCUT2D eigenvalue weighted by atomic mass is 35.5. The molecule has 29 heavy (non-hydrogen) atoms. The molecule has 1 N–H and O–H groups in total. The number of carbonyl (C=O) groups excluding carboxylic acids is 1. The highest BCUT2D eigenvalue weighted by molar-refractivity contribution is 6.33. The second-order valence-corrected chi connectivity index (χ2v) is 7.05. The summed E-state index contributed by atoms with van der Waals surface area (Å²) in [7, 11) is 0. The van der Waals surface area contributed by atoms with Crippen LogP contribution in [0, 0.1) is 0 Å². The lowest BCUT2D eigenvalue weighted by Gasteiger charge is -2.01. The molecule has 0 fully saturated rings. The van der Waals surface area contributed by atoms with Crippen molar-refractivity contribution in [2.45, 2.75) is 0 Å². The Bertz CT molecular complexity index is 1190. The number of ether oxygens (including phenoxy) is 1. The molecule has 0 radical (unpaired) electrons. The molecule has 2 aromatic carbocycles. The van der Waals surface area contributed by atoms with Gasteiger partial charge in [0.05, 0.1) is 16.2 Å². The fraction of sp³-hybridized carbons (Fsp3) is 0. The summed E-state index contributed by atoms with van der Waals surface area (Å²) in [6.45, 7) is 0. The summed E-state index contributed by atoms with van der Waals surface area (Å²) in [6.07, 6.45) is 3.20. The van der Waals surface area contributed by atoms with Crippen LogP contribution < -0.4 is 0 Å². The molecule has 2 heterocycles. The molecule has 4 rings (SSSR count). The molecule has 1 aliphatic rings. The summed E-state index contributed by atoms with van der Waals surface area (Å²) >= 11 is 11.9. The quantitative estimate of drug-likeness (QED) is 0.412. The van der Waals surface area contributed by atoms with E-state index in [1.54, 1.807) is 54.6 Å². The van der Waals surface area contributed by atoms with Crippen LogP contribution in [0.3, 0.4) is 0 Å². The van der Waals surface area contributed by atoms with Gasteiger partial charge in [0, 0.05) is 16.1 Å². The summed E-state index contributed by atoms with van der Waals surface area (Å²) in [5.41, 5.74) is 1.71. The minimum absolute atomic E-state index is 0.0119. The number of esters is 1. The maximum Gasteiger partial charge on any atom is 0.343 e. The Morgan fingerprint density at radius 3 is 2.38 bits per heavy atom.